The first-order valence-corrected chi connectivity index (χ1v) is 8.55. The summed E-state index contributed by atoms with van der Waals surface area (Å²) in [7, 11) is 0. The summed E-state index contributed by atoms with van der Waals surface area (Å²) in [5.74, 6) is -4.05. The summed E-state index contributed by atoms with van der Waals surface area (Å²) in [5.41, 5.74) is 5.47. The standard InChI is InChI=1S/C20H17NO8/c21-11(6-7-16(23)24)20(27)29-15-9-14-17(19(26)18(15)25)12(22)8-13(28-14)10-4-2-1-3-5-10/h1-5,8-9,11,25-26H,6-7,21H2,(H,23,24)/t11-/m0/s1. The van der Waals surface area contributed by atoms with Gasteiger partial charge >= 0.3 is 11.9 Å². The van der Waals surface area contributed by atoms with Gasteiger partial charge in [-0.15, -0.1) is 0 Å². The van der Waals surface area contributed by atoms with Gasteiger partial charge in [-0.3, -0.25) is 9.59 Å². The van der Waals surface area contributed by atoms with E-state index < -0.39 is 40.7 Å². The van der Waals surface area contributed by atoms with E-state index in [1.807, 2.05) is 0 Å². The Morgan fingerprint density at radius 3 is 2.45 bits per heavy atom. The average Bonchev–Trinajstić information content (AvgIpc) is 2.70. The molecule has 2 aromatic carbocycles. The zero-order chi connectivity index (χ0) is 21.1. The smallest absolute Gasteiger partial charge is 0.328 e. The normalized spacial score (nSPS) is 11.9. The molecule has 0 fully saturated rings. The molecule has 1 heterocycles. The van der Waals surface area contributed by atoms with E-state index in [4.69, 9.17) is 20.0 Å². The van der Waals surface area contributed by atoms with E-state index in [1.54, 1.807) is 30.3 Å². The molecule has 0 unspecified atom stereocenters. The lowest BCUT2D eigenvalue weighted by atomic mass is 10.1. The Morgan fingerprint density at radius 2 is 1.79 bits per heavy atom. The summed E-state index contributed by atoms with van der Waals surface area (Å²) in [5, 5.41) is 28.7. The molecule has 9 nitrogen and oxygen atoms in total. The summed E-state index contributed by atoms with van der Waals surface area (Å²) in [6.45, 7) is 0. The van der Waals surface area contributed by atoms with Crippen LogP contribution in [-0.4, -0.2) is 33.3 Å². The Balaban J connectivity index is 2.00. The van der Waals surface area contributed by atoms with E-state index in [-0.39, 0.29) is 29.6 Å². The van der Waals surface area contributed by atoms with Crippen molar-refractivity contribution in [3.8, 4) is 28.6 Å². The van der Waals surface area contributed by atoms with Crippen molar-refractivity contribution in [1.29, 1.82) is 0 Å². The molecule has 0 aliphatic heterocycles. The third kappa shape index (κ3) is 4.19. The molecule has 0 saturated heterocycles. The molecule has 29 heavy (non-hydrogen) atoms. The number of esters is 1. The highest BCUT2D eigenvalue weighted by Gasteiger charge is 2.23. The fourth-order valence-corrected chi connectivity index (χ4v) is 2.67. The van der Waals surface area contributed by atoms with Crippen molar-refractivity contribution in [2.24, 2.45) is 5.73 Å². The number of nitrogens with two attached hydrogens (primary N) is 1. The van der Waals surface area contributed by atoms with Crippen molar-refractivity contribution in [3.63, 3.8) is 0 Å². The molecule has 0 saturated carbocycles. The maximum absolute atomic E-state index is 12.4. The molecule has 9 heteroatoms. The fraction of sp³-hybridized carbons (Fsp3) is 0.150. The van der Waals surface area contributed by atoms with Crippen molar-refractivity contribution in [2.45, 2.75) is 18.9 Å². The van der Waals surface area contributed by atoms with Crippen LogP contribution >= 0.6 is 0 Å². The van der Waals surface area contributed by atoms with Gasteiger partial charge in [-0.2, -0.15) is 0 Å². The first kappa shape index (κ1) is 19.9. The molecule has 0 spiro atoms. The predicted molar refractivity (Wildman–Crippen MR) is 102 cm³/mol. The minimum atomic E-state index is -1.26. The van der Waals surface area contributed by atoms with Gasteiger partial charge in [0.2, 0.25) is 5.75 Å². The number of carbonyl (C=O) groups is 2. The first-order valence-electron chi connectivity index (χ1n) is 8.55. The number of ether oxygens (including phenoxy) is 1. The second-order valence-electron chi connectivity index (χ2n) is 6.25. The van der Waals surface area contributed by atoms with E-state index in [0.29, 0.717) is 5.56 Å². The number of carbonyl (C=O) groups excluding carboxylic acids is 1. The van der Waals surface area contributed by atoms with E-state index in [0.717, 1.165) is 6.07 Å². The number of carboxylic acids is 1. The van der Waals surface area contributed by atoms with Crippen LogP contribution in [0.2, 0.25) is 0 Å². The molecule has 0 bridgehead atoms. The Kier molecular flexibility index (Phi) is 5.51. The van der Waals surface area contributed by atoms with Crippen molar-refractivity contribution >= 4 is 22.9 Å². The van der Waals surface area contributed by atoms with Crippen LogP contribution in [-0.2, 0) is 9.59 Å². The third-order valence-electron chi connectivity index (χ3n) is 4.17. The SMILES string of the molecule is N[C@@H](CCC(=O)O)C(=O)Oc1cc2oc(-c3ccccc3)cc(=O)c2c(O)c1O. The highest BCUT2D eigenvalue weighted by atomic mass is 16.5. The van der Waals surface area contributed by atoms with Gasteiger partial charge in [-0.1, -0.05) is 30.3 Å². The quantitative estimate of drug-likeness (QED) is 0.276. The van der Waals surface area contributed by atoms with Crippen LogP contribution < -0.4 is 15.9 Å². The largest absolute Gasteiger partial charge is 0.504 e. The van der Waals surface area contributed by atoms with Crippen molar-refractivity contribution in [2.75, 3.05) is 0 Å². The summed E-state index contributed by atoms with van der Waals surface area (Å²) < 4.78 is 10.6. The van der Waals surface area contributed by atoms with Gasteiger partial charge in [0.05, 0.1) is 0 Å². The van der Waals surface area contributed by atoms with E-state index in [9.17, 15) is 24.6 Å². The second-order valence-corrected chi connectivity index (χ2v) is 6.25. The first-order chi connectivity index (χ1) is 13.8. The number of aromatic hydroxyl groups is 2. The third-order valence-corrected chi connectivity index (χ3v) is 4.17. The maximum atomic E-state index is 12.4. The van der Waals surface area contributed by atoms with E-state index in [1.165, 1.54) is 6.07 Å². The van der Waals surface area contributed by atoms with Crippen molar-refractivity contribution in [3.05, 3.63) is 52.7 Å². The van der Waals surface area contributed by atoms with Gasteiger partial charge in [0.1, 0.15) is 22.8 Å². The van der Waals surface area contributed by atoms with Gasteiger partial charge in [0.15, 0.2) is 16.9 Å². The molecule has 0 aliphatic rings. The van der Waals surface area contributed by atoms with Crippen LogP contribution in [0.25, 0.3) is 22.3 Å². The van der Waals surface area contributed by atoms with Crippen LogP contribution in [0.15, 0.2) is 51.7 Å². The lowest BCUT2D eigenvalue weighted by Crippen LogP contribution is -2.34. The summed E-state index contributed by atoms with van der Waals surface area (Å²) in [4.78, 5) is 35.1. The number of hydrogen-bond acceptors (Lipinski definition) is 8. The van der Waals surface area contributed by atoms with Crippen LogP contribution in [0.1, 0.15) is 12.8 Å². The summed E-state index contributed by atoms with van der Waals surface area (Å²) >= 11 is 0. The van der Waals surface area contributed by atoms with Gasteiger partial charge in [-0.25, -0.2) is 4.79 Å². The molecule has 0 radical (unpaired) electrons. The number of rotatable bonds is 6. The second kappa shape index (κ2) is 8.03. The molecule has 3 aromatic rings. The van der Waals surface area contributed by atoms with Gasteiger partial charge in [-0.05, 0) is 6.42 Å². The Hall–Kier alpha value is -3.85. The van der Waals surface area contributed by atoms with Gasteiger partial charge in [0.25, 0.3) is 0 Å². The average molecular weight is 399 g/mol. The monoisotopic (exact) mass is 399 g/mol. The number of fused-ring (bicyclic) bond motifs is 1. The minimum absolute atomic E-state index is 0.117. The Morgan fingerprint density at radius 1 is 1.10 bits per heavy atom. The maximum Gasteiger partial charge on any atom is 0.328 e. The zero-order valence-corrected chi connectivity index (χ0v) is 15.0. The minimum Gasteiger partial charge on any atom is -0.504 e. The number of benzene rings is 2. The topological polar surface area (TPSA) is 160 Å². The number of phenols is 2. The molecule has 1 atom stereocenters. The zero-order valence-electron chi connectivity index (χ0n) is 15.0. The fourth-order valence-electron chi connectivity index (χ4n) is 2.67. The molecule has 150 valence electrons. The van der Waals surface area contributed by atoms with Crippen molar-refractivity contribution < 1.29 is 34.1 Å². The lowest BCUT2D eigenvalue weighted by Gasteiger charge is -2.13. The van der Waals surface area contributed by atoms with Crippen molar-refractivity contribution in [1.82, 2.24) is 0 Å². The number of phenolic OH excluding ortho intramolecular Hbond substituents is 2. The van der Waals surface area contributed by atoms with Gasteiger partial charge < -0.3 is 30.2 Å². The van der Waals surface area contributed by atoms with Crippen LogP contribution in [0.5, 0.6) is 17.2 Å². The molecule has 1 aromatic heterocycles. The Labute approximate surface area is 163 Å². The highest BCUT2D eigenvalue weighted by Crippen LogP contribution is 2.41. The Bertz CT molecular complexity index is 1140. The molecule has 0 amide bonds. The molecular weight excluding hydrogens is 382 g/mol. The summed E-state index contributed by atoms with van der Waals surface area (Å²) in [6.07, 6.45) is -0.526. The molecule has 5 N–H and O–H groups in total. The lowest BCUT2D eigenvalue weighted by molar-refractivity contribution is -0.138. The molecule has 3 rings (SSSR count). The number of carboxylic acid groups (broad SMARTS) is 1. The van der Waals surface area contributed by atoms with Gasteiger partial charge in [0, 0.05) is 24.1 Å². The molecule has 0 aliphatic carbocycles. The highest BCUT2D eigenvalue weighted by molar-refractivity contribution is 5.91. The number of aliphatic carboxylic acids is 1. The van der Waals surface area contributed by atoms with Crippen LogP contribution in [0.4, 0.5) is 0 Å². The van der Waals surface area contributed by atoms with E-state index in [2.05, 4.69) is 0 Å². The van der Waals surface area contributed by atoms with E-state index >= 15 is 0 Å². The predicted octanol–water partition coefficient (Wildman–Crippen LogP) is 1.97. The molecular formula is C20H17NO8. The van der Waals surface area contributed by atoms with Crippen LogP contribution in [0.3, 0.4) is 0 Å². The number of hydrogen-bond donors (Lipinski definition) is 4. The van der Waals surface area contributed by atoms with Crippen LogP contribution in [0, 0.1) is 0 Å². The summed E-state index contributed by atoms with van der Waals surface area (Å²) in [6, 6.07) is 9.71.